The maximum atomic E-state index is 11.8. The van der Waals surface area contributed by atoms with Crippen molar-refractivity contribution in [1.82, 2.24) is 15.1 Å². The molecule has 0 aliphatic heterocycles. The number of aromatic nitrogens is 2. The minimum absolute atomic E-state index is 0.408. The second-order valence-corrected chi connectivity index (χ2v) is 5.95. The molecular formula is C13H12ClN3O3S. The van der Waals surface area contributed by atoms with Gasteiger partial charge in [0, 0.05) is 29.8 Å². The molecule has 6 nitrogen and oxygen atoms in total. The van der Waals surface area contributed by atoms with Crippen LogP contribution in [0.4, 0.5) is 0 Å². The van der Waals surface area contributed by atoms with Crippen molar-refractivity contribution in [3.05, 3.63) is 45.4 Å². The smallest absolute Gasteiger partial charge is 0.331 e. The van der Waals surface area contributed by atoms with Gasteiger partial charge in [0.15, 0.2) is 6.04 Å². The van der Waals surface area contributed by atoms with E-state index in [1.165, 1.54) is 28.3 Å². The highest BCUT2D eigenvalue weighted by Crippen LogP contribution is 2.22. The highest BCUT2D eigenvalue weighted by atomic mass is 35.5. The first-order valence-corrected chi connectivity index (χ1v) is 7.10. The number of rotatable bonds is 5. The van der Waals surface area contributed by atoms with Gasteiger partial charge in [0.05, 0.1) is 10.5 Å². The van der Waals surface area contributed by atoms with Crippen LogP contribution in [0.2, 0.25) is 4.34 Å². The number of nitrogens with zero attached hydrogens (tertiary/aromatic N) is 2. The van der Waals surface area contributed by atoms with Crippen LogP contribution in [0, 0.1) is 0 Å². The van der Waals surface area contributed by atoms with Gasteiger partial charge in [-0.2, -0.15) is 5.10 Å². The van der Waals surface area contributed by atoms with Gasteiger partial charge in [0.1, 0.15) is 0 Å². The van der Waals surface area contributed by atoms with Crippen molar-refractivity contribution in [2.24, 2.45) is 7.05 Å². The summed E-state index contributed by atoms with van der Waals surface area (Å²) in [6.45, 7) is 0. The summed E-state index contributed by atoms with van der Waals surface area (Å²) >= 11 is 7.10. The first kappa shape index (κ1) is 15.3. The summed E-state index contributed by atoms with van der Waals surface area (Å²) in [6.07, 6.45) is 5.80. The van der Waals surface area contributed by atoms with E-state index in [-0.39, 0.29) is 0 Å². The van der Waals surface area contributed by atoms with Crippen LogP contribution in [0.5, 0.6) is 0 Å². The normalized spacial score (nSPS) is 12.5. The standard InChI is InChI=1S/C13H12ClN3O3S/c1-17-7-8(6-15-17)12(13(19)20)16-11(18)5-3-9-2-4-10(14)21-9/h2-7,12H,1H3,(H,16,18)(H,19,20)/b5-3+. The van der Waals surface area contributed by atoms with E-state index in [0.717, 1.165) is 4.88 Å². The average molecular weight is 326 g/mol. The predicted octanol–water partition coefficient (Wildman–Crippen LogP) is 2.09. The summed E-state index contributed by atoms with van der Waals surface area (Å²) in [5.74, 6) is -1.65. The van der Waals surface area contributed by atoms with E-state index in [0.29, 0.717) is 9.90 Å². The molecule has 0 aliphatic carbocycles. The third kappa shape index (κ3) is 4.17. The number of hydrogen-bond donors (Lipinski definition) is 2. The lowest BCUT2D eigenvalue weighted by Crippen LogP contribution is -2.32. The average Bonchev–Trinajstić information content (AvgIpc) is 3.02. The van der Waals surface area contributed by atoms with Crippen molar-refractivity contribution in [3.63, 3.8) is 0 Å². The number of aryl methyl sites for hydroxylation is 1. The lowest BCUT2D eigenvalue weighted by molar-refractivity contribution is -0.141. The summed E-state index contributed by atoms with van der Waals surface area (Å²) in [7, 11) is 1.67. The number of carbonyl (C=O) groups excluding carboxylic acids is 1. The SMILES string of the molecule is Cn1cc(C(NC(=O)/C=C/c2ccc(Cl)s2)C(=O)O)cn1. The number of halogens is 1. The van der Waals surface area contributed by atoms with Crippen LogP contribution in [-0.2, 0) is 16.6 Å². The zero-order chi connectivity index (χ0) is 15.4. The first-order valence-electron chi connectivity index (χ1n) is 5.91. The Morgan fingerprint density at radius 1 is 1.52 bits per heavy atom. The molecular weight excluding hydrogens is 314 g/mol. The maximum Gasteiger partial charge on any atom is 0.331 e. The molecule has 8 heteroatoms. The molecule has 0 fully saturated rings. The second-order valence-electron chi connectivity index (χ2n) is 4.20. The molecule has 0 aromatic carbocycles. The van der Waals surface area contributed by atoms with Crippen LogP contribution in [0.3, 0.4) is 0 Å². The molecule has 1 amide bonds. The molecule has 0 radical (unpaired) electrons. The fourth-order valence-electron chi connectivity index (χ4n) is 1.64. The predicted molar refractivity (Wildman–Crippen MR) is 80.1 cm³/mol. The Labute approximate surface area is 129 Å². The Morgan fingerprint density at radius 3 is 2.81 bits per heavy atom. The molecule has 110 valence electrons. The molecule has 2 N–H and O–H groups in total. The third-order valence-electron chi connectivity index (χ3n) is 2.58. The van der Waals surface area contributed by atoms with E-state index >= 15 is 0 Å². The number of carboxylic acid groups (broad SMARTS) is 1. The molecule has 0 spiro atoms. The van der Waals surface area contributed by atoms with Gasteiger partial charge in [0.2, 0.25) is 5.91 Å². The topological polar surface area (TPSA) is 84.2 Å². The van der Waals surface area contributed by atoms with Gasteiger partial charge in [-0.25, -0.2) is 4.79 Å². The van der Waals surface area contributed by atoms with Gasteiger partial charge < -0.3 is 10.4 Å². The molecule has 2 heterocycles. The molecule has 0 aliphatic rings. The molecule has 0 saturated carbocycles. The van der Waals surface area contributed by atoms with Crippen molar-refractivity contribution in [3.8, 4) is 0 Å². The molecule has 2 aromatic rings. The van der Waals surface area contributed by atoms with Crippen LogP contribution in [0.25, 0.3) is 6.08 Å². The zero-order valence-corrected chi connectivity index (χ0v) is 12.6. The van der Waals surface area contributed by atoms with Gasteiger partial charge in [-0.1, -0.05) is 11.6 Å². The Kier molecular flexibility index (Phi) is 4.77. The minimum Gasteiger partial charge on any atom is -0.479 e. The summed E-state index contributed by atoms with van der Waals surface area (Å²) in [4.78, 5) is 23.8. The summed E-state index contributed by atoms with van der Waals surface area (Å²) in [6, 6.07) is 2.36. The fraction of sp³-hybridized carbons (Fsp3) is 0.154. The Balaban J connectivity index is 2.05. The number of hydrogen-bond acceptors (Lipinski definition) is 4. The molecule has 2 aromatic heterocycles. The van der Waals surface area contributed by atoms with Crippen LogP contribution in [-0.4, -0.2) is 26.8 Å². The number of carboxylic acids is 1. The van der Waals surface area contributed by atoms with Crippen LogP contribution in [0.1, 0.15) is 16.5 Å². The lowest BCUT2D eigenvalue weighted by Gasteiger charge is -2.10. The van der Waals surface area contributed by atoms with Crippen molar-refractivity contribution in [2.75, 3.05) is 0 Å². The lowest BCUT2D eigenvalue weighted by atomic mass is 10.1. The molecule has 1 atom stereocenters. The zero-order valence-electron chi connectivity index (χ0n) is 11.0. The summed E-state index contributed by atoms with van der Waals surface area (Å²) in [5.41, 5.74) is 0.408. The van der Waals surface area contributed by atoms with Crippen LogP contribution in [0.15, 0.2) is 30.6 Å². The number of aliphatic carboxylic acids is 1. The number of nitrogens with one attached hydrogen (secondary N) is 1. The number of carbonyl (C=O) groups is 2. The van der Waals surface area contributed by atoms with Gasteiger partial charge in [-0.05, 0) is 18.2 Å². The van der Waals surface area contributed by atoms with Gasteiger partial charge in [-0.3, -0.25) is 9.48 Å². The van der Waals surface area contributed by atoms with Crippen molar-refractivity contribution >= 4 is 40.9 Å². The van der Waals surface area contributed by atoms with E-state index in [2.05, 4.69) is 10.4 Å². The largest absolute Gasteiger partial charge is 0.479 e. The quantitative estimate of drug-likeness (QED) is 0.824. The fourth-order valence-corrected chi connectivity index (χ4v) is 2.61. The van der Waals surface area contributed by atoms with Crippen LogP contribution >= 0.6 is 22.9 Å². The monoisotopic (exact) mass is 325 g/mol. The third-order valence-corrected chi connectivity index (χ3v) is 3.78. The molecule has 21 heavy (non-hydrogen) atoms. The Hall–Kier alpha value is -2.12. The second kappa shape index (κ2) is 6.55. The molecule has 1 unspecified atom stereocenters. The molecule has 0 bridgehead atoms. The number of amides is 1. The Morgan fingerprint density at radius 2 is 2.29 bits per heavy atom. The van der Waals surface area contributed by atoms with Gasteiger partial charge >= 0.3 is 5.97 Å². The van der Waals surface area contributed by atoms with Gasteiger partial charge in [-0.15, -0.1) is 11.3 Å². The van der Waals surface area contributed by atoms with Crippen molar-refractivity contribution in [2.45, 2.75) is 6.04 Å². The molecule has 2 rings (SSSR count). The minimum atomic E-state index is -1.15. The van der Waals surface area contributed by atoms with Crippen molar-refractivity contribution < 1.29 is 14.7 Å². The summed E-state index contributed by atoms with van der Waals surface area (Å²) < 4.78 is 2.09. The van der Waals surface area contributed by atoms with E-state index in [1.54, 1.807) is 31.5 Å². The highest BCUT2D eigenvalue weighted by Gasteiger charge is 2.22. The highest BCUT2D eigenvalue weighted by molar-refractivity contribution is 7.17. The van der Waals surface area contributed by atoms with E-state index in [9.17, 15) is 14.7 Å². The summed E-state index contributed by atoms with van der Waals surface area (Å²) in [5, 5.41) is 15.5. The van der Waals surface area contributed by atoms with E-state index in [4.69, 9.17) is 11.6 Å². The molecule has 0 saturated heterocycles. The van der Waals surface area contributed by atoms with Crippen LogP contribution < -0.4 is 5.32 Å². The van der Waals surface area contributed by atoms with E-state index < -0.39 is 17.9 Å². The van der Waals surface area contributed by atoms with Gasteiger partial charge in [0.25, 0.3) is 0 Å². The van der Waals surface area contributed by atoms with E-state index in [1.807, 2.05) is 0 Å². The van der Waals surface area contributed by atoms with Crippen molar-refractivity contribution in [1.29, 1.82) is 0 Å². The first-order chi connectivity index (χ1) is 9.95. The number of thiophene rings is 1. The maximum absolute atomic E-state index is 11.8. The Bertz CT molecular complexity index is 692.